The van der Waals surface area contributed by atoms with E-state index in [1.165, 1.54) is 15.6 Å². The van der Waals surface area contributed by atoms with Gasteiger partial charge in [-0.3, -0.25) is 4.98 Å². The van der Waals surface area contributed by atoms with Crippen molar-refractivity contribution in [2.24, 2.45) is 0 Å². The van der Waals surface area contributed by atoms with Gasteiger partial charge in [-0.1, -0.05) is 97.1 Å². The number of pyridine rings is 1. The summed E-state index contributed by atoms with van der Waals surface area (Å²) < 4.78 is 0. The Morgan fingerprint density at radius 3 is 1.00 bits per heavy atom. The normalized spacial score (nSPS) is 10.5. The molecule has 0 bridgehead atoms. The lowest BCUT2D eigenvalue weighted by molar-refractivity contribution is 1.33. The second-order valence-corrected chi connectivity index (χ2v) is 11.0. The molecule has 3 aromatic carbocycles. The highest BCUT2D eigenvalue weighted by Gasteiger charge is 2.35. The van der Waals surface area contributed by atoms with E-state index in [1.807, 2.05) is 18.2 Å². The summed E-state index contributed by atoms with van der Waals surface area (Å²) in [6, 6.07) is 37.6. The van der Waals surface area contributed by atoms with Crippen LogP contribution in [0.25, 0.3) is 0 Å². The van der Waals surface area contributed by atoms with Gasteiger partial charge in [-0.05, 0) is 27.7 Å². The van der Waals surface area contributed by atoms with Gasteiger partial charge in [0.1, 0.15) is 0 Å². The zero-order valence-corrected chi connectivity index (χ0v) is 16.3. The van der Waals surface area contributed by atoms with Crippen molar-refractivity contribution in [3.63, 3.8) is 0 Å². The molecule has 0 aliphatic heterocycles. The van der Waals surface area contributed by atoms with E-state index < -0.39 is 7.22 Å². The van der Waals surface area contributed by atoms with Crippen LogP contribution in [0.5, 0.6) is 0 Å². The van der Waals surface area contributed by atoms with E-state index in [0.29, 0.717) is 0 Å². The minimum Gasteiger partial charge on any atom is -0.265 e. The van der Waals surface area contributed by atoms with Gasteiger partial charge in [0, 0.05) is 12.4 Å². The van der Waals surface area contributed by atoms with Crippen LogP contribution in [-0.2, 0) is 0 Å². The molecular formula is C23H21NSSi. The third-order valence-electron chi connectivity index (χ3n) is 4.14. The Bertz CT molecular complexity index is 761. The highest BCUT2D eigenvalue weighted by atomic mass is 32.3. The monoisotopic (exact) mass is 371 g/mol. The summed E-state index contributed by atoms with van der Waals surface area (Å²) in [4.78, 5) is 3.78. The molecule has 0 fully saturated rings. The van der Waals surface area contributed by atoms with Crippen LogP contribution in [-0.4, -0.2) is 12.2 Å². The first-order valence-electron chi connectivity index (χ1n) is 8.56. The van der Waals surface area contributed by atoms with E-state index in [0.717, 1.165) is 0 Å². The molecule has 0 aliphatic rings. The quantitative estimate of drug-likeness (QED) is 0.329. The topological polar surface area (TPSA) is 12.9 Å². The standard InChI is InChI=1S/C18H16SSi.C5H5N/c19-20(16-10-4-1-5-11-16,17-12-6-2-7-13-17)18-14-8-3-9-15-18;1-2-4-6-5-3-1/h1-15,19H;1-5H. The Kier molecular flexibility index (Phi) is 6.42. The van der Waals surface area contributed by atoms with Crippen molar-refractivity contribution in [2.75, 3.05) is 0 Å². The van der Waals surface area contributed by atoms with Crippen molar-refractivity contribution in [2.45, 2.75) is 0 Å². The van der Waals surface area contributed by atoms with Crippen LogP contribution in [0.1, 0.15) is 0 Å². The lowest BCUT2D eigenvalue weighted by Gasteiger charge is -2.28. The third-order valence-corrected chi connectivity index (χ3v) is 9.97. The average Bonchev–Trinajstić information content (AvgIpc) is 2.77. The number of hydrogen-bond acceptors (Lipinski definition) is 2. The van der Waals surface area contributed by atoms with Gasteiger partial charge in [-0.2, -0.15) is 12.1 Å². The number of benzene rings is 3. The van der Waals surface area contributed by atoms with Crippen LogP contribution < -0.4 is 15.6 Å². The minimum absolute atomic E-state index is 1.32. The van der Waals surface area contributed by atoms with E-state index in [-0.39, 0.29) is 0 Å². The zero-order valence-electron chi connectivity index (χ0n) is 14.4. The van der Waals surface area contributed by atoms with Crippen molar-refractivity contribution >= 4 is 34.9 Å². The van der Waals surface area contributed by atoms with E-state index in [9.17, 15) is 0 Å². The molecule has 0 unspecified atom stereocenters. The lowest BCUT2D eigenvalue weighted by atomic mass is 10.3. The van der Waals surface area contributed by atoms with Gasteiger partial charge in [0.2, 0.25) is 7.22 Å². The SMILES string of the molecule is S[Si](c1ccccc1)(c1ccccc1)c1ccccc1.c1ccncc1. The van der Waals surface area contributed by atoms with Gasteiger partial charge in [-0.15, -0.1) is 0 Å². The molecule has 1 heterocycles. The summed E-state index contributed by atoms with van der Waals surface area (Å²) >= 11 is 5.23. The first-order valence-corrected chi connectivity index (χ1v) is 11.8. The van der Waals surface area contributed by atoms with Crippen molar-refractivity contribution < 1.29 is 0 Å². The summed E-state index contributed by atoms with van der Waals surface area (Å²) in [5, 5.41) is 3.96. The first kappa shape index (κ1) is 18.2. The lowest BCUT2D eigenvalue weighted by Crippen LogP contribution is -2.62. The molecule has 128 valence electrons. The van der Waals surface area contributed by atoms with Crippen LogP contribution >= 0.6 is 12.1 Å². The molecular weight excluding hydrogens is 350 g/mol. The van der Waals surface area contributed by atoms with Crippen LogP contribution in [0.4, 0.5) is 0 Å². The molecule has 3 heteroatoms. The molecule has 4 rings (SSSR count). The van der Waals surface area contributed by atoms with Crippen molar-refractivity contribution in [1.82, 2.24) is 4.98 Å². The molecule has 1 nitrogen and oxygen atoms in total. The fraction of sp³-hybridized carbons (Fsp3) is 0. The number of rotatable bonds is 3. The van der Waals surface area contributed by atoms with E-state index in [1.54, 1.807) is 12.4 Å². The van der Waals surface area contributed by atoms with Crippen LogP contribution in [0.2, 0.25) is 0 Å². The Labute approximate surface area is 161 Å². The summed E-state index contributed by atoms with van der Waals surface area (Å²) in [6.07, 6.45) is 3.50. The maximum absolute atomic E-state index is 5.23. The van der Waals surface area contributed by atoms with E-state index >= 15 is 0 Å². The first-order chi connectivity index (χ1) is 12.8. The maximum Gasteiger partial charge on any atom is 0.206 e. The molecule has 0 radical (unpaired) electrons. The molecule has 26 heavy (non-hydrogen) atoms. The molecule has 4 aromatic rings. The summed E-state index contributed by atoms with van der Waals surface area (Å²) in [6.45, 7) is 0. The highest BCUT2D eigenvalue weighted by molar-refractivity contribution is 8.19. The Morgan fingerprint density at radius 1 is 0.462 bits per heavy atom. The summed E-state index contributed by atoms with van der Waals surface area (Å²) in [7, 11) is -2.18. The van der Waals surface area contributed by atoms with Crippen LogP contribution in [0.3, 0.4) is 0 Å². The molecule has 0 saturated heterocycles. The smallest absolute Gasteiger partial charge is 0.206 e. The van der Waals surface area contributed by atoms with Gasteiger partial charge in [0.15, 0.2) is 0 Å². The predicted octanol–water partition coefficient (Wildman–Crippen LogP) is 3.66. The Hall–Kier alpha value is -2.62. The number of aromatic nitrogens is 1. The Balaban J connectivity index is 0.000000278. The molecule has 0 atom stereocenters. The number of thiol groups is 1. The molecule has 0 saturated carbocycles. The van der Waals surface area contributed by atoms with Crippen molar-refractivity contribution in [3.8, 4) is 0 Å². The largest absolute Gasteiger partial charge is 0.265 e. The van der Waals surface area contributed by atoms with Crippen LogP contribution in [0.15, 0.2) is 122 Å². The van der Waals surface area contributed by atoms with Crippen molar-refractivity contribution in [1.29, 1.82) is 0 Å². The van der Waals surface area contributed by atoms with Gasteiger partial charge in [-0.25, -0.2) is 0 Å². The second kappa shape index (κ2) is 9.18. The predicted molar refractivity (Wildman–Crippen MR) is 117 cm³/mol. The minimum atomic E-state index is -2.18. The molecule has 1 aromatic heterocycles. The van der Waals surface area contributed by atoms with E-state index in [4.69, 9.17) is 12.1 Å². The average molecular weight is 372 g/mol. The second-order valence-electron chi connectivity index (χ2n) is 5.83. The van der Waals surface area contributed by atoms with E-state index in [2.05, 4.69) is 96.0 Å². The summed E-state index contributed by atoms with van der Waals surface area (Å²) in [5.74, 6) is 0. The molecule has 0 spiro atoms. The van der Waals surface area contributed by atoms with Gasteiger partial charge in [0.05, 0.1) is 0 Å². The van der Waals surface area contributed by atoms with Crippen LogP contribution in [0, 0.1) is 0 Å². The Morgan fingerprint density at radius 2 is 0.769 bits per heavy atom. The zero-order chi connectivity index (χ0) is 18.1. The molecule has 0 N–H and O–H groups in total. The molecule has 0 aliphatic carbocycles. The van der Waals surface area contributed by atoms with Gasteiger partial charge < -0.3 is 0 Å². The fourth-order valence-corrected chi connectivity index (χ4v) is 7.22. The van der Waals surface area contributed by atoms with Crippen molar-refractivity contribution in [3.05, 3.63) is 122 Å². The summed E-state index contributed by atoms with van der Waals surface area (Å²) in [5.41, 5.74) is 0. The van der Waals surface area contributed by atoms with Gasteiger partial charge >= 0.3 is 0 Å². The fourth-order valence-electron chi connectivity index (χ4n) is 2.85. The highest BCUT2D eigenvalue weighted by Crippen LogP contribution is 2.10. The third kappa shape index (κ3) is 4.31. The van der Waals surface area contributed by atoms with Gasteiger partial charge in [0.25, 0.3) is 0 Å². The maximum atomic E-state index is 5.23. The number of nitrogens with zero attached hydrogens (tertiary/aromatic N) is 1. The number of hydrogen-bond donors (Lipinski definition) is 1. The molecule has 0 amide bonds.